The van der Waals surface area contributed by atoms with E-state index in [1.165, 1.54) is 25.7 Å². The first-order valence-electron chi connectivity index (χ1n) is 4.34. The molecule has 0 aromatic carbocycles. The fourth-order valence-corrected chi connectivity index (χ4v) is 1.31. The molecule has 0 aliphatic heterocycles. The van der Waals surface area contributed by atoms with Crippen LogP contribution in [0.15, 0.2) is 0 Å². The largest absolute Gasteiger partial charge is 0.176 e. The van der Waals surface area contributed by atoms with E-state index in [9.17, 15) is 0 Å². The predicted octanol–water partition coefficient (Wildman–Crippen LogP) is 3.52. The van der Waals surface area contributed by atoms with Crippen molar-refractivity contribution in [1.29, 1.82) is 0 Å². The van der Waals surface area contributed by atoms with Gasteiger partial charge in [0.25, 0.3) is 0 Å². The van der Waals surface area contributed by atoms with Crippen LogP contribution in [0.3, 0.4) is 0 Å². The molecular weight excluding hydrogens is 140 g/mol. The second-order valence-corrected chi connectivity index (χ2v) is 4.20. The summed E-state index contributed by atoms with van der Waals surface area (Å²) in [5.74, 6) is 0.902. The fraction of sp³-hybridized carbons (Fsp3) is 1.00. The minimum absolute atomic E-state index is 0.583. The Morgan fingerprint density at radius 3 is 2.10 bits per heavy atom. The predicted molar refractivity (Wildman–Crippen MR) is 51.8 cm³/mol. The van der Waals surface area contributed by atoms with Crippen molar-refractivity contribution in [3.8, 4) is 0 Å². The van der Waals surface area contributed by atoms with Crippen molar-refractivity contribution < 1.29 is 0 Å². The van der Waals surface area contributed by atoms with E-state index in [1.54, 1.807) is 0 Å². The van der Waals surface area contributed by atoms with Crippen LogP contribution in [0.4, 0.5) is 0 Å². The molecule has 0 heterocycles. The van der Waals surface area contributed by atoms with Crippen molar-refractivity contribution in [1.82, 2.24) is 0 Å². The van der Waals surface area contributed by atoms with Gasteiger partial charge in [-0.3, -0.25) is 0 Å². The van der Waals surface area contributed by atoms with Gasteiger partial charge in [-0.15, -0.1) is 0 Å². The Balaban J connectivity index is 3.12. The molecule has 0 bridgehead atoms. The van der Waals surface area contributed by atoms with Crippen LogP contribution in [0, 0.1) is 5.92 Å². The van der Waals surface area contributed by atoms with Crippen molar-refractivity contribution in [3.63, 3.8) is 0 Å². The van der Waals surface area contributed by atoms with E-state index in [1.807, 2.05) is 0 Å². The zero-order chi connectivity index (χ0) is 7.98. The topological polar surface area (TPSA) is 0 Å². The van der Waals surface area contributed by atoms with Gasteiger partial charge < -0.3 is 0 Å². The quantitative estimate of drug-likeness (QED) is 0.584. The van der Waals surface area contributed by atoms with Crippen molar-refractivity contribution in [2.75, 3.05) is 0 Å². The first-order valence-corrected chi connectivity index (χ1v) is 4.86. The van der Waals surface area contributed by atoms with E-state index in [4.69, 9.17) is 0 Å². The van der Waals surface area contributed by atoms with Gasteiger partial charge in [-0.25, -0.2) is 0 Å². The fourth-order valence-electron chi connectivity index (χ4n) is 1.16. The molecular formula is C9H20S. The highest BCUT2D eigenvalue weighted by molar-refractivity contribution is 7.80. The highest BCUT2D eigenvalue weighted by Gasteiger charge is 2.01. The lowest BCUT2D eigenvalue weighted by Crippen LogP contribution is -1.98. The summed E-state index contributed by atoms with van der Waals surface area (Å²) in [4.78, 5) is 0. The molecule has 2 atom stereocenters. The minimum atomic E-state index is 0.583. The maximum absolute atomic E-state index is 4.34. The molecule has 0 radical (unpaired) electrons. The Morgan fingerprint density at radius 1 is 1.10 bits per heavy atom. The van der Waals surface area contributed by atoms with Gasteiger partial charge >= 0.3 is 0 Å². The second-order valence-electron chi connectivity index (χ2n) is 3.32. The maximum Gasteiger partial charge on any atom is -0.00115 e. The van der Waals surface area contributed by atoms with E-state index in [2.05, 4.69) is 33.4 Å². The number of thiol groups is 1. The van der Waals surface area contributed by atoms with Gasteiger partial charge in [-0.1, -0.05) is 33.6 Å². The molecule has 0 nitrogen and oxygen atoms in total. The lowest BCUT2D eigenvalue weighted by molar-refractivity contribution is 0.470. The molecule has 0 aromatic rings. The lowest BCUT2D eigenvalue weighted by Gasteiger charge is -2.10. The summed E-state index contributed by atoms with van der Waals surface area (Å²) in [5.41, 5.74) is 0. The van der Waals surface area contributed by atoms with Gasteiger partial charge in [0.1, 0.15) is 0 Å². The van der Waals surface area contributed by atoms with Gasteiger partial charge in [0.2, 0.25) is 0 Å². The molecule has 0 aliphatic rings. The summed E-state index contributed by atoms with van der Waals surface area (Å²) in [6, 6.07) is 0. The molecule has 0 spiro atoms. The average molecular weight is 160 g/mol. The van der Waals surface area contributed by atoms with Crippen LogP contribution in [0.25, 0.3) is 0 Å². The van der Waals surface area contributed by atoms with Gasteiger partial charge in [0, 0.05) is 0 Å². The van der Waals surface area contributed by atoms with E-state index >= 15 is 0 Å². The molecule has 0 saturated carbocycles. The summed E-state index contributed by atoms with van der Waals surface area (Å²) >= 11 is 4.34. The number of rotatable bonds is 5. The molecule has 2 unspecified atom stereocenters. The summed E-state index contributed by atoms with van der Waals surface area (Å²) in [7, 11) is 0. The van der Waals surface area contributed by atoms with Crippen LogP contribution >= 0.6 is 12.6 Å². The summed E-state index contributed by atoms with van der Waals surface area (Å²) in [6.07, 6.45) is 5.31. The van der Waals surface area contributed by atoms with Crippen LogP contribution < -0.4 is 0 Å². The molecule has 62 valence electrons. The normalized spacial score (nSPS) is 16.8. The van der Waals surface area contributed by atoms with E-state index in [0.29, 0.717) is 5.25 Å². The highest BCUT2D eigenvalue weighted by Crippen LogP contribution is 2.15. The molecule has 0 N–H and O–H groups in total. The molecule has 0 fully saturated rings. The Kier molecular flexibility index (Phi) is 6.30. The lowest BCUT2D eigenvalue weighted by atomic mass is 9.99. The smallest absolute Gasteiger partial charge is 0.00115 e. The van der Waals surface area contributed by atoms with E-state index in [0.717, 1.165) is 5.92 Å². The summed E-state index contributed by atoms with van der Waals surface area (Å²) < 4.78 is 0. The van der Waals surface area contributed by atoms with Crippen LogP contribution in [-0.4, -0.2) is 5.25 Å². The average Bonchev–Trinajstić information content (AvgIpc) is 1.85. The van der Waals surface area contributed by atoms with Gasteiger partial charge in [0.05, 0.1) is 0 Å². The maximum atomic E-state index is 4.34. The second kappa shape index (κ2) is 6.09. The first-order chi connectivity index (χ1) is 4.66. The Morgan fingerprint density at radius 2 is 1.70 bits per heavy atom. The van der Waals surface area contributed by atoms with Gasteiger partial charge in [-0.05, 0) is 24.0 Å². The zero-order valence-corrected chi connectivity index (χ0v) is 8.32. The third-order valence-corrected chi connectivity index (χ3v) is 2.12. The molecule has 10 heavy (non-hydrogen) atoms. The molecule has 0 aliphatic carbocycles. The third-order valence-electron chi connectivity index (χ3n) is 1.86. The summed E-state index contributed by atoms with van der Waals surface area (Å²) in [5, 5.41) is 0.583. The zero-order valence-electron chi connectivity index (χ0n) is 7.43. The Hall–Kier alpha value is 0.350. The Labute approximate surface area is 70.8 Å². The molecule has 0 aromatic heterocycles. The van der Waals surface area contributed by atoms with Crippen molar-refractivity contribution in [2.45, 2.75) is 51.7 Å². The van der Waals surface area contributed by atoms with E-state index in [-0.39, 0.29) is 0 Å². The number of hydrogen-bond acceptors (Lipinski definition) is 1. The molecule has 0 rings (SSSR count). The van der Waals surface area contributed by atoms with Gasteiger partial charge in [-0.2, -0.15) is 12.6 Å². The standard InChI is InChI=1S/C9H20S/c1-4-5-8(2)6-7-9(3)10/h8-10H,4-7H2,1-3H3. The van der Waals surface area contributed by atoms with Crippen LogP contribution in [-0.2, 0) is 0 Å². The first kappa shape index (κ1) is 10.3. The molecule has 0 saturated heterocycles. The highest BCUT2D eigenvalue weighted by atomic mass is 32.1. The SMILES string of the molecule is CCCC(C)CCC(C)S. The molecule has 1 heteroatoms. The van der Waals surface area contributed by atoms with Crippen molar-refractivity contribution >= 4 is 12.6 Å². The summed E-state index contributed by atoms with van der Waals surface area (Å²) in [6.45, 7) is 6.75. The molecule has 0 amide bonds. The third kappa shape index (κ3) is 6.47. The monoisotopic (exact) mass is 160 g/mol. The van der Waals surface area contributed by atoms with E-state index < -0.39 is 0 Å². The minimum Gasteiger partial charge on any atom is -0.176 e. The van der Waals surface area contributed by atoms with Crippen molar-refractivity contribution in [3.05, 3.63) is 0 Å². The van der Waals surface area contributed by atoms with Crippen LogP contribution in [0.1, 0.15) is 46.5 Å². The van der Waals surface area contributed by atoms with Gasteiger partial charge in [0.15, 0.2) is 0 Å². The van der Waals surface area contributed by atoms with Crippen LogP contribution in [0.2, 0.25) is 0 Å². The van der Waals surface area contributed by atoms with Crippen LogP contribution in [0.5, 0.6) is 0 Å². The number of hydrogen-bond donors (Lipinski definition) is 1. The van der Waals surface area contributed by atoms with Crippen molar-refractivity contribution in [2.24, 2.45) is 5.92 Å². The Bertz CT molecular complexity index is 69.1.